The Balaban J connectivity index is 1.37. The molecule has 0 radical (unpaired) electrons. The summed E-state index contributed by atoms with van der Waals surface area (Å²) in [5.41, 5.74) is 9.98. The minimum absolute atomic E-state index is 0.000397. The van der Waals surface area contributed by atoms with Crippen molar-refractivity contribution in [3.63, 3.8) is 0 Å². The maximum atomic E-state index is 12.4. The lowest BCUT2D eigenvalue weighted by atomic mass is 9.79. The second-order valence-corrected chi connectivity index (χ2v) is 12.4. The first-order valence-corrected chi connectivity index (χ1v) is 16.4. The van der Waals surface area contributed by atoms with Crippen LogP contribution in [0.15, 0.2) is 134 Å². The number of fused-ring (bicyclic) bond motifs is 1. The second-order valence-electron chi connectivity index (χ2n) is 12.0. The lowest BCUT2D eigenvalue weighted by molar-refractivity contribution is -0.119. The number of imidazole rings is 1. The molecule has 248 valence electrons. The lowest BCUT2D eigenvalue weighted by Crippen LogP contribution is -2.43. The topological polar surface area (TPSA) is 118 Å². The lowest BCUT2D eigenvalue weighted by Gasteiger charge is -2.40. The maximum absolute atomic E-state index is 12.4. The van der Waals surface area contributed by atoms with Crippen molar-refractivity contribution in [1.82, 2.24) is 19.5 Å². The van der Waals surface area contributed by atoms with E-state index in [0.29, 0.717) is 29.1 Å². The number of ether oxygens (including phenoxy) is 3. The summed E-state index contributed by atoms with van der Waals surface area (Å²) in [5.74, 6) is 0.271. The average molecular weight is 674 g/mol. The number of aliphatic hydroxyl groups is 1. The smallest absolute Gasteiger partial charge is 0.223 e. The number of nitrogens with zero attached hydrogens (tertiary/aromatic N) is 4. The minimum Gasteiger partial charge on any atom is -0.497 e. The third-order valence-corrected chi connectivity index (χ3v) is 9.45. The molecule has 1 fully saturated rings. The van der Waals surface area contributed by atoms with Crippen molar-refractivity contribution < 1.29 is 19.3 Å². The van der Waals surface area contributed by atoms with Gasteiger partial charge >= 0.3 is 0 Å². The van der Waals surface area contributed by atoms with E-state index in [9.17, 15) is 5.11 Å². The van der Waals surface area contributed by atoms with Gasteiger partial charge in [0.15, 0.2) is 10.8 Å². The van der Waals surface area contributed by atoms with Gasteiger partial charge in [-0.05, 0) is 40.0 Å². The van der Waals surface area contributed by atoms with E-state index in [4.69, 9.17) is 31.5 Å². The van der Waals surface area contributed by atoms with Crippen molar-refractivity contribution in [3.8, 4) is 5.75 Å². The van der Waals surface area contributed by atoms with Gasteiger partial charge in [0.05, 0.1) is 38.8 Å². The summed E-state index contributed by atoms with van der Waals surface area (Å²) in [5, 5.41) is 12.6. The van der Waals surface area contributed by atoms with Gasteiger partial charge in [0.1, 0.15) is 23.0 Å². The van der Waals surface area contributed by atoms with Crippen LogP contribution in [0.4, 0.5) is 5.95 Å². The highest BCUT2D eigenvalue weighted by atomic mass is 35.5. The summed E-state index contributed by atoms with van der Waals surface area (Å²) < 4.78 is 21.1. The largest absolute Gasteiger partial charge is 0.497 e. The fourth-order valence-electron chi connectivity index (χ4n) is 6.82. The SMILES string of the molecule is C=C1[C@@H](n2cnc3c(Cl)nc(N)nc32)C(O)[C@H](OC(c2ccccc2)(c2ccccc2)c2ccc(OC)cc2)[C@H]1COCc1ccccc1. The molecule has 1 unspecified atom stereocenters. The van der Waals surface area contributed by atoms with Gasteiger partial charge in [-0.2, -0.15) is 9.97 Å². The number of rotatable bonds is 11. The van der Waals surface area contributed by atoms with Gasteiger partial charge in [-0.1, -0.05) is 121 Å². The van der Waals surface area contributed by atoms with Crippen LogP contribution in [-0.2, 0) is 21.7 Å². The monoisotopic (exact) mass is 673 g/mol. The van der Waals surface area contributed by atoms with Crippen LogP contribution < -0.4 is 10.5 Å². The molecule has 9 nitrogen and oxygen atoms in total. The van der Waals surface area contributed by atoms with Crippen LogP contribution in [0.25, 0.3) is 11.2 Å². The van der Waals surface area contributed by atoms with Gasteiger partial charge < -0.3 is 29.6 Å². The summed E-state index contributed by atoms with van der Waals surface area (Å²) in [6.45, 7) is 5.15. The first-order chi connectivity index (χ1) is 23.9. The molecule has 0 saturated heterocycles. The number of hydrogen-bond donors (Lipinski definition) is 2. The summed E-state index contributed by atoms with van der Waals surface area (Å²) in [4.78, 5) is 13.0. The van der Waals surface area contributed by atoms with Gasteiger partial charge in [0.25, 0.3) is 0 Å². The van der Waals surface area contributed by atoms with Gasteiger partial charge in [-0.25, -0.2) is 4.98 Å². The minimum atomic E-state index is -1.15. The van der Waals surface area contributed by atoms with Crippen molar-refractivity contribution in [1.29, 1.82) is 0 Å². The van der Waals surface area contributed by atoms with Crippen LogP contribution in [0.1, 0.15) is 28.3 Å². The van der Waals surface area contributed by atoms with Gasteiger partial charge in [0, 0.05) is 5.92 Å². The second kappa shape index (κ2) is 13.8. The van der Waals surface area contributed by atoms with Crippen LogP contribution in [0.2, 0.25) is 5.15 Å². The van der Waals surface area contributed by atoms with Crippen molar-refractivity contribution >= 4 is 28.7 Å². The zero-order chi connectivity index (χ0) is 34.0. The molecule has 4 atom stereocenters. The Kier molecular flexibility index (Phi) is 9.16. The molecule has 0 bridgehead atoms. The molecule has 2 aromatic heterocycles. The molecule has 49 heavy (non-hydrogen) atoms. The number of anilines is 1. The zero-order valence-electron chi connectivity index (χ0n) is 26.9. The highest BCUT2D eigenvalue weighted by molar-refractivity contribution is 6.33. The maximum Gasteiger partial charge on any atom is 0.223 e. The van der Waals surface area contributed by atoms with Crippen molar-refractivity contribution in [3.05, 3.63) is 161 Å². The molecule has 1 saturated carbocycles. The Morgan fingerprint density at radius 1 is 0.857 bits per heavy atom. The van der Waals surface area contributed by atoms with Crippen LogP contribution in [0.3, 0.4) is 0 Å². The molecule has 6 aromatic rings. The third-order valence-electron chi connectivity index (χ3n) is 9.19. The highest BCUT2D eigenvalue weighted by Crippen LogP contribution is 2.49. The molecule has 4 aromatic carbocycles. The van der Waals surface area contributed by atoms with Crippen molar-refractivity contribution in [2.45, 2.75) is 30.5 Å². The molecular formula is C39H36ClN5O4. The summed E-state index contributed by atoms with van der Waals surface area (Å²) in [6, 6.07) is 37.1. The fourth-order valence-corrected chi connectivity index (χ4v) is 7.04. The van der Waals surface area contributed by atoms with Gasteiger partial charge in [0.2, 0.25) is 5.95 Å². The number of nitrogen functional groups attached to an aromatic ring is 1. The summed E-state index contributed by atoms with van der Waals surface area (Å²) in [7, 11) is 1.64. The van der Waals surface area contributed by atoms with E-state index in [-0.39, 0.29) is 17.7 Å². The van der Waals surface area contributed by atoms with E-state index < -0.39 is 29.8 Å². The Morgan fingerprint density at radius 3 is 2.06 bits per heavy atom. The Morgan fingerprint density at radius 2 is 1.45 bits per heavy atom. The molecule has 7 rings (SSSR count). The van der Waals surface area contributed by atoms with Crippen molar-refractivity contribution in [2.75, 3.05) is 19.5 Å². The van der Waals surface area contributed by atoms with Crippen LogP contribution in [0, 0.1) is 5.92 Å². The molecule has 0 aliphatic heterocycles. The number of methoxy groups -OCH3 is 1. The highest BCUT2D eigenvalue weighted by Gasteiger charge is 2.52. The van der Waals surface area contributed by atoms with Crippen molar-refractivity contribution in [2.24, 2.45) is 5.92 Å². The van der Waals surface area contributed by atoms with E-state index in [0.717, 1.165) is 22.3 Å². The third kappa shape index (κ3) is 6.06. The normalized spacial score (nSPS) is 19.4. The summed E-state index contributed by atoms with van der Waals surface area (Å²) >= 11 is 6.41. The number of nitrogens with two attached hydrogens (primary N) is 1. The predicted molar refractivity (Wildman–Crippen MR) is 189 cm³/mol. The van der Waals surface area contributed by atoms with E-state index in [1.165, 1.54) is 0 Å². The molecule has 0 amide bonds. The quantitative estimate of drug-likeness (QED) is 0.0881. The number of benzene rings is 4. The Bertz CT molecular complexity index is 2000. The number of hydrogen-bond acceptors (Lipinski definition) is 8. The Hall–Kier alpha value is -5.06. The standard InChI is InChI=1S/C39H36ClN5O4/c1-25-31(23-48-22-26-12-6-3-7-13-26)35(34(46)33(25)45-24-42-32-36(40)43-38(41)44-37(32)45)49-39(27-14-8-4-9-15-27,28-16-10-5-11-17-28)29-18-20-30(47-2)21-19-29/h3-21,24,31,33-35,46H,1,22-23H2,2H3,(H2,41,43,44)/t31-,33+,34?,35+/m0/s1. The van der Waals surface area contributed by atoms with Crippen LogP contribution >= 0.6 is 11.6 Å². The first kappa shape index (κ1) is 32.5. The molecular weight excluding hydrogens is 638 g/mol. The first-order valence-electron chi connectivity index (χ1n) is 16.0. The van der Waals surface area contributed by atoms with Gasteiger partial charge in [-0.3, -0.25) is 0 Å². The molecule has 0 spiro atoms. The molecule has 1 aliphatic carbocycles. The van der Waals surface area contributed by atoms with E-state index in [2.05, 4.69) is 21.5 Å². The molecule has 3 N–H and O–H groups in total. The predicted octanol–water partition coefficient (Wildman–Crippen LogP) is 6.75. The van der Waals surface area contributed by atoms with Gasteiger partial charge in [-0.15, -0.1) is 0 Å². The van der Waals surface area contributed by atoms with E-state index in [1.54, 1.807) is 18.0 Å². The fraction of sp³-hybridized carbons (Fsp3) is 0.205. The summed E-state index contributed by atoms with van der Waals surface area (Å²) in [6.07, 6.45) is -0.322. The zero-order valence-corrected chi connectivity index (χ0v) is 27.6. The number of halogens is 1. The molecule has 1 aliphatic rings. The van der Waals surface area contributed by atoms with Crippen LogP contribution in [-0.4, -0.2) is 50.6 Å². The van der Waals surface area contributed by atoms with Crippen LogP contribution in [0.5, 0.6) is 5.75 Å². The molecule has 10 heteroatoms. The Labute approximate surface area is 289 Å². The van der Waals surface area contributed by atoms with E-state index in [1.807, 2.05) is 115 Å². The number of aromatic nitrogens is 4. The number of aliphatic hydroxyl groups excluding tert-OH is 1. The average Bonchev–Trinajstić information content (AvgIpc) is 3.65. The molecule has 2 heterocycles. The van der Waals surface area contributed by atoms with E-state index >= 15 is 0 Å².